The number of esters is 1. The van der Waals surface area contributed by atoms with Gasteiger partial charge in [0.15, 0.2) is 0 Å². The van der Waals surface area contributed by atoms with Crippen LogP contribution in [0.4, 0.5) is 0 Å². The van der Waals surface area contributed by atoms with Crippen LogP contribution in [0.15, 0.2) is 30.3 Å². The van der Waals surface area contributed by atoms with Crippen LogP contribution in [0, 0.1) is 0 Å². The molecule has 0 saturated carbocycles. The lowest BCUT2D eigenvalue weighted by atomic mass is 10.0. The number of methoxy groups -OCH3 is 1. The molecule has 1 N–H and O–H groups in total. The van der Waals surface area contributed by atoms with Crippen LogP contribution in [0.2, 0.25) is 0 Å². The molecule has 98 valence electrons. The Morgan fingerprint density at radius 1 is 1.44 bits per heavy atom. The molecule has 0 spiro atoms. The Morgan fingerprint density at radius 3 is 2.78 bits per heavy atom. The van der Waals surface area contributed by atoms with E-state index < -0.39 is 0 Å². The zero-order valence-corrected chi connectivity index (χ0v) is 11.6. The molecule has 1 aromatic rings. The summed E-state index contributed by atoms with van der Waals surface area (Å²) in [4.78, 5) is 11.6. The molecule has 18 heavy (non-hydrogen) atoms. The molecule has 0 amide bonds. The zero-order valence-electron chi connectivity index (χ0n) is 10.8. The maximum absolute atomic E-state index is 11.6. The van der Waals surface area contributed by atoms with Crippen molar-refractivity contribution in [1.82, 2.24) is 5.32 Å². The Labute approximate surface area is 112 Å². The van der Waals surface area contributed by atoms with Crippen molar-refractivity contribution in [1.29, 1.82) is 0 Å². The van der Waals surface area contributed by atoms with Gasteiger partial charge in [-0.25, -0.2) is 0 Å². The van der Waals surface area contributed by atoms with Gasteiger partial charge in [-0.1, -0.05) is 37.3 Å². The lowest BCUT2D eigenvalue weighted by Gasteiger charge is -2.35. The Bertz CT molecular complexity index is 396. The van der Waals surface area contributed by atoms with Gasteiger partial charge in [-0.05, 0) is 12.0 Å². The Morgan fingerprint density at radius 2 is 2.17 bits per heavy atom. The number of carbonyl (C=O) groups excluding carboxylic acids is 1. The van der Waals surface area contributed by atoms with Crippen molar-refractivity contribution in [2.75, 3.05) is 12.9 Å². The topological polar surface area (TPSA) is 38.3 Å². The van der Waals surface area contributed by atoms with E-state index in [2.05, 4.69) is 24.4 Å². The molecule has 2 rings (SSSR count). The first-order valence-corrected chi connectivity index (χ1v) is 7.31. The van der Waals surface area contributed by atoms with Gasteiger partial charge in [0.05, 0.1) is 7.11 Å². The van der Waals surface area contributed by atoms with E-state index in [1.807, 2.05) is 30.0 Å². The van der Waals surface area contributed by atoms with Crippen LogP contribution in [0.5, 0.6) is 0 Å². The van der Waals surface area contributed by atoms with E-state index in [9.17, 15) is 4.79 Å². The highest BCUT2D eigenvalue weighted by Crippen LogP contribution is 2.34. The first-order valence-electron chi connectivity index (χ1n) is 6.26. The van der Waals surface area contributed by atoms with Gasteiger partial charge in [-0.15, -0.1) is 0 Å². The monoisotopic (exact) mass is 265 g/mol. The van der Waals surface area contributed by atoms with Gasteiger partial charge < -0.3 is 4.74 Å². The number of rotatable bonds is 3. The van der Waals surface area contributed by atoms with Crippen molar-refractivity contribution in [3.63, 3.8) is 0 Å². The van der Waals surface area contributed by atoms with E-state index in [0.29, 0.717) is 5.25 Å². The van der Waals surface area contributed by atoms with Crippen LogP contribution in [0.25, 0.3) is 0 Å². The Kier molecular flexibility index (Phi) is 4.66. The fourth-order valence-electron chi connectivity index (χ4n) is 2.29. The molecular weight excluding hydrogens is 246 g/mol. The number of hydrogen-bond acceptors (Lipinski definition) is 4. The first kappa shape index (κ1) is 13.4. The van der Waals surface area contributed by atoms with Crippen molar-refractivity contribution in [3.8, 4) is 0 Å². The minimum absolute atomic E-state index is 0.169. The molecule has 0 radical (unpaired) electrons. The highest BCUT2D eigenvalue weighted by atomic mass is 32.2. The van der Waals surface area contributed by atoms with Crippen LogP contribution in [-0.2, 0) is 9.53 Å². The maximum Gasteiger partial charge on any atom is 0.323 e. The summed E-state index contributed by atoms with van der Waals surface area (Å²) in [5.41, 5.74) is 1.24. The first-order chi connectivity index (χ1) is 8.76. The summed E-state index contributed by atoms with van der Waals surface area (Å²) in [5.74, 6) is 0.618. The lowest BCUT2D eigenvalue weighted by Crippen LogP contribution is -2.49. The van der Waals surface area contributed by atoms with Gasteiger partial charge in [0, 0.05) is 17.0 Å². The molecule has 3 unspecified atom stereocenters. The average Bonchev–Trinajstić information content (AvgIpc) is 2.46. The molecule has 1 aliphatic rings. The smallest absolute Gasteiger partial charge is 0.323 e. The maximum atomic E-state index is 11.6. The van der Waals surface area contributed by atoms with Gasteiger partial charge in [-0.3, -0.25) is 10.1 Å². The van der Waals surface area contributed by atoms with Crippen molar-refractivity contribution in [3.05, 3.63) is 35.9 Å². The van der Waals surface area contributed by atoms with Crippen LogP contribution in [-0.4, -0.2) is 30.1 Å². The SMILES string of the molecule is CCC1SCC(C(=O)OC)NC1c1ccccc1. The molecule has 1 aliphatic heterocycles. The third-order valence-electron chi connectivity index (χ3n) is 3.28. The summed E-state index contributed by atoms with van der Waals surface area (Å²) in [6, 6.07) is 10.3. The third-order valence-corrected chi connectivity index (χ3v) is 4.84. The van der Waals surface area contributed by atoms with Gasteiger partial charge in [0.1, 0.15) is 6.04 Å². The van der Waals surface area contributed by atoms with Crippen molar-refractivity contribution < 1.29 is 9.53 Å². The van der Waals surface area contributed by atoms with E-state index >= 15 is 0 Å². The fraction of sp³-hybridized carbons (Fsp3) is 0.500. The minimum Gasteiger partial charge on any atom is -0.468 e. The molecule has 3 atom stereocenters. The summed E-state index contributed by atoms with van der Waals surface area (Å²) >= 11 is 1.85. The summed E-state index contributed by atoms with van der Waals surface area (Å²) in [7, 11) is 1.44. The second-order valence-electron chi connectivity index (χ2n) is 4.41. The van der Waals surface area contributed by atoms with E-state index in [1.54, 1.807) is 0 Å². The predicted molar refractivity (Wildman–Crippen MR) is 74.7 cm³/mol. The van der Waals surface area contributed by atoms with Crippen LogP contribution in [0.1, 0.15) is 24.9 Å². The Hall–Kier alpha value is -1.00. The molecule has 0 bridgehead atoms. The van der Waals surface area contributed by atoms with Crippen molar-refractivity contribution in [2.45, 2.75) is 30.7 Å². The van der Waals surface area contributed by atoms with Crippen LogP contribution < -0.4 is 5.32 Å². The van der Waals surface area contributed by atoms with E-state index in [-0.39, 0.29) is 18.1 Å². The van der Waals surface area contributed by atoms with Gasteiger partial charge in [0.2, 0.25) is 0 Å². The van der Waals surface area contributed by atoms with Crippen LogP contribution >= 0.6 is 11.8 Å². The van der Waals surface area contributed by atoms with Crippen LogP contribution in [0.3, 0.4) is 0 Å². The third kappa shape index (κ3) is 2.87. The standard InChI is InChI=1S/C14H19NO2S/c1-3-12-13(10-7-5-4-6-8-10)15-11(9-18-12)14(16)17-2/h4-8,11-13,15H,3,9H2,1-2H3. The van der Waals surface area contributed by atoms with E-state index in [4.69, 9.17) is 4.74 Å². The number of nitrogens with one attached hydrogen (secondary N) is 1. The molecule has 1 saturated heterocycles. The van der Waals surface area contributed by atoms with Gasteiger partial charge >= 0.3 is 5.97 Å². The second kappa shape index (κ2) is 6.25. The number of carbonyl (C=O) groups is 1. The highest BCUT2D eigenvalue weighted by molar-refractivity contribution is 8.00. The highest BCUT2D eigenvalue weighted by Gasteiger charge is 2.34. The zero-order chi connectivity index (χ0) is 13.0. The number of benzene rings is 1. The quantitative estimate of drug-likeness (QED) is 0.852. The molecule has 1 aromatic carbocycles. The number of thioether (sulfide) groups is 1. The second-order valence-corrected chi connectivity index (χ2v) is 5.68. The summed E-state index contributed by atoms with van der Waals surface area (Å²) in [6.07, 6.45) is 1.09. The number of hydrogen-bond donors (Lipinski definition) is 1. The minimum atomic E-state index is -0.201. The van der Waals surface area contributed by atoms with Crippen molar-refractivity contribution >= 4 is 17.7 Å². The lowest BCUT2D eigenvalue weighted by molar-refractivity contribution is -0.142. The average molecular weight is 265 g/mol. The summed E-state index contributed by atoms with van der Waals surface area (Å²) in [5, 5.41) is 3.93. The molecule has 1 heterocycles. The predicted octanol–water partition coefficient (Wildman–Crippen LogP) is 2.38. The molecule has 3 nitrogen and oxygen atoms in total. The summed E-state index contributed by atoms with van der Waals surface area (Å²) in [6.45, 7) is 2.19. The number of ether oxygens (including phenoxy) is 1. The molecular formula is C14H19NO2S. The van der Waals surface area contributed by atoms with E-state index in [0.717, 1.165) is 12.2 Å². The molecule has 1 fully saturated rings. The largest absolute Gasteiger partial charge is 0.468 e. The normalized spacial score (nSPS) is 27.8. The van der Waals surface area contributed by atoms with E-state index in [1.165, 1.54) is 12.7 Å². The Balaban J connectivity index is 2.16. The van der Waals surface area contributed by atoms with Crippen molar-refractivity contribution in [2.24, 2.45) is 0 Å². The fourth-order valence-corrected chi connectivity index (χ4v) is 3.63. The molecule has 0 aliphatic carbocycles. The molecule has 0 aromatic heterocycles. The molecule has 4 heteroatoms. The van der Waals surface area contributed by atoms with Gasteiger partial charge in [-0.2, -0.15) is 11.8 Å². The summed E-state index contributed by atoms with van der Waals surface area (Å²) < 4.78 is 4.83. The van der Waals surface area contributed by atoms with Gasteiger partial charge in [0.25, 0.3) is 0 Å².